The van der Waals surface area contributed by atoms with Crippen molar-refractivity contribution < 1.29 is 17.9 Å². The first-order valence-corrected chi connectivity index (χ1v) is 11.7. The van der Waals surface area contributed by atoms with Gasteiger partial charge < -0.3 is 9.64 Å². The lowest BCUT2D eigenvalue weighted by Crippen LogP contribution is -2.41. The minimum Gasteiger partial charge on any atom is -0.378 e. The van der Waals surface area contributed by atoms with E-state index < -0.39 is 10.0 Å². The van der Waals surface area contributed by atoms with Crippen LogP contribution < -0.4 is 4.72 Å². The topological polar surface area (TPSA) is 75.7 Å². The molecule has 1 heterocycles. The summed E-state index contributed by atoms with van der Waals surface area (Å²) in [5, 5.41) is 0. The number of nitrogens with zero attached hydrogens (tertiary/aromatic N) is 1. The van der Waals surface area contributed by atoms with Crippen LogP contribution in [0, 0.1) is 13.8 Å². The fourth-order valence-electron chi connectivity index (χ4n) is 3.13. The van der Waals surface area contributed by atoms with Gasteiger partial charge in [0, 0.05) is 18.0 Å². The number of carbonyl (C=O) groups excluding carboxylic acids is 1. The average molecular weight is 421 g/mol. The van der Waals surface area contributed by atoms with Gasteiger partial charge in [0.1, 0.15) is 0 Å². The van der Waals surface area contributed by atoms with Crippen molar-refractivity contribution in [3.8, 4) is 0 Å². The number of sulfonamides is 1. The van der Waals surface area contributed by atoms with Crippen molar-refractivity contribution in [1.82, 2.24) is 4.90 Å². The summed E-state index contributed by atoms with van der Waals surface area (Å²) in [6.45, 7) is 5.71. The number of hydrogen-bond donors (Lipinski definition) is 1. The molecule has 1 fully saturated rings. The van der Waals surface area contributed by atoms with Crippen molar-refractivity contribution in [2.45, 2.75) is 23.6 Å². The SMILES string of the molecule is CSc1ccc(S(=O)(=O)Nc2c(C)cccc2C)cc1C(=O)N1CCOCC1. The summed E-state index contributed by atoms with van der Waals surface area (Å²) in [4.78, 5) is 15.5. The number of carbonyl (C=O) groups is 1. The number of morpholine rings is 1. The second-order valence-corrected chi connectivity index (χ2v) is 9.17. The van der Waals surface area contributed by atoms with E-state index in [9.17, 15) is 13.2 Å². The number of benzene rings is 2. The van der Waals surface area contributed by atoms with E-state index in [1.807, 2.05) is 38.3 Å². The minimum atomic E-state index is -3.82. The Labute approximate surface area is 170 Å². The van der Waals surface area contributed by atoms with Gasteiger partial charge in [0.25, 0.3) is 15.9 Å². The summed E-state index contributed by atoms with van der Waals surface area (Å²) >= 11 is 1.42. The van der Waals surface area contributed by atoms with Crippen LogP contribution in [0.3, 0.4) is 0 Å². The Morgan fingerprint density at radius 2 is 1.75 bits per heavy atom. The van der Waals surface area contributed by atoms with Crippen LogP contribution >= 0.6 is 11.8 Å². The normalized spacial score (nSPS) is 14.8. The molecule has 1 N–H and O–H groups in total. The van der Waals surface area contributed by atoms with Gasteiger partial charge in [-0.1, -0.05) is 18.2 Å². The first kappa shape index (κ1) is 20.7. The van der Waals surface area contributed by atoms with E-state index in [0.717, 1.165) is 16.0 Å². The van der Waals surface area contributed by atoms with Crippen molar-refractivity contribution >= 4 is 33.4 Å². The number of anilines is 1. The number of aryl methyl sites for hydroxylation is 2. The lowest BCUT2D eigenvalue weighted by molar-refractivity contribution is 0.0300. The van der Waals surface area contributed by atoms with E-state index in [4.69, 9.17) is 4.74 Å². The quantitative estimate of drug-likeness (QED) is 0.751. The van der Waals surface area contributed by atoms with E-state index in [-0.39, 0.29) is 10.8 Å². The molecule has 8 heteroatoms. The Bertz CT molecular complexity index is 963. The molecule has 0 saturated carbocycles. The van der Waals surface area contributed by atoms with E-state index in [1.165, 1.54) is 23.9 Å². The second kappa shape index (κ2) is 8.55. The van der Waals surface area contributed by atoms with Crippen LogP contribution in [-0.2, 0) is 14.8 Å². The van der Waals surface area contributed by atoms with Gasteiger partial charge in [-0.2, -0.15) is 0 Å². The van der Waals surface area contributed by atoms with Gasteiger partial charge in [0.2, 0.25) is 0 Å². The summed E-state index contributed by atoms with van der Waals surface area (Å²) < 4.78 is 34.0. The summed E-state index contributed by atoms with van der Waals surface area (Å²) in [6, 6.07) is 10.3. The first-order chi connectivity index (χ1) is 13.3. The number of hydrogen-bond acceptors (Lipinski definition) is 5. The Morgan fingerprint density at radius 3 is 2.36 bits per heavy atom. The van der Waals surface area contributed by atoms with Crippen molar-refractivity contribution in [1.29, 1.82) is 0 Å². The fourth-order valence-corrected chi connectivity index (χ4v) is 4.93. The number of amides is 1. The molecule has 1 amide bonds. The third kappa shape index (κ3) is 4.34. The zero-order valence-electron chi connectivity index (χ0n) is 16.2. The van der Waals surface area contributed by atoms with Crippen LogP contribution in [0.1, 0.15) is 21.5 Å². The zero-order valence-corrected chi connectivity index (χ0v) is 17.8. The molecule has 1 aliphatic heterocycles. The zero-order chi connectivity index (χ0) is 20.3. The number of thioether (sulfide) groups is 1. The average Bonchev–Trinajstić information content (AvgIpc) is 2.70. The predicted octanol–water partition coefficient (Wildman–Crippen LogP) is 3.30. The molecule has 0 aliphatic carbocycles. The molecule has 3 rings (SSSR count). The largest absolute Gasteiger partial charge is 0.378 e. The number of nitrogens with one attached hydrogen (secondary N) is 1. The van der Waals surface area contributed by atoms with E-state index in [1.54, 1.807) is 11.0 Å². The minimum absolute atomic E-state index is 0.0737. The van der Waals surface area contributed by atoms with Gasteiger partial charge in [-0.15, -0.1) is 11.8 Å². The molecular weight excluding hydrogens is 396 g/mol. The van der Waals surface area contributed by atoms with Crippen molar-refractivity contribution in [2.75, 3.05) is 37.3 Å². The first-order valence-electron chi connectivity index (χ1n) is 8.97. The van der Waals surface area contributed by atoms with Crippen LogP contribution in [0.25, 0.3) is 0 Å². The molecule has 0 aromatic heterocycles. The summed E-state index contributed by atoms with van der Waals surface area (Å²) in [6.07, 6.45) is 1.87. The molecule has 28 heavy (non-hydrogen) atoms. The number of ether oxygens (including phenoxy) is 1. The van der Waals surface area contributed by atoms with E-state index >= 15 is 0 Å². The van der Waals surface area contributed by atoms with Crippen LogP contribution in [-0.4, -0.2) is 51.8 Å². The highest BCUT2D eigenvalue weighted by Crippen LogP contribution is 2.28. The highest BCUT2D eigenvalue weighted by atomic mass is 32.2. The molecule has 2 aromatic rings. The molecule has 6 nitrogen and oxygen atoms in total. The van der Waals surface area contributed by atoms with E-state index in [0.29, 0.717) is 37.6 Å². The van der Waals surface area contributed by atoms with Crippen molar-refractivity contribution in [3.05, 3.63) is 53.1 Å². The number of rotatable bonds is 5. The smallest absolute Gasteiger partial charge is 0.261 e. The van der Waals surface area contributed by atoms with Crippen LogP contribution in [0.15, 0.2) is 46.2 Å². The highest BCUT2D eigenvalue weighted by molar-refractivity contribution is 7.98. The third-order valence-electron chi connectivity index (χ3n) is 4.73. The predicted molar refractivity (Wildman–Crippen MR) is 112 cm³/mol. The lowest BCUT2D eigenvalue weighted by Gasteiger charge is -2.27. The van der Waals surface area contributed by atoms with Gasteiger partial charge in [0.15, 0.2) is 0 Å². The molecule has 1 aliphatic rings. The van der Waals surface area contributed by atoms with Gasteiger partial charge in [-0.3, -0.25) is 9.52 Å². The Morgan fingerprint density at radius 1 is 1.11 bits per heavy atom. The molecule has 0 radical (unpaired) electrons. The van der Waals surface area contributed by atoms with Crippen LogP contribution in [0.4, 0.5) is 5.69 Å². The highest BCUT2D eigenvalue weighted by Gasteiger charge is 2.24. The Balaban J connectivity index is 1.96. The van der Waals surface area contributed by atoms with Crippen molar-refractivity contribution in [2.24, 2.45) is 0 Å². The molecule has 0 unspecified atom stereocenters. The monoisotopic (exact) mass is 420 g/mol. The molecule has 150 valence electrons. The summed E-state index contributed by atoms with van der Waals surface area (Å²) in [5.41, 5.74) is 2.65. The number of para-hydroxylation sites is 1. The molecule has 0 atom stereocenters. The van der Waals surface area contributed by atoms with Crippen LogP contribution in [0.5, 0.6) is 0 Å². The van der Waals surface area contributed by atoms with Gasteiger partial charge in [-0.25, -0.2) is 8.42 Å². The Kier molecular flexibility index (Phi) is 6.32. The summed E-state index contributed by atoms with van der Waals surface area (Å²) in [7, 11) is -3.82. The molecule has 2 aromatic carbocycles. The maximum absolute atomic E-state index is 13.0. The standard InChI is InChI=1S/C20H24N2O4S2/c1-14-5-4-6-15(2)19(14)21-28(24,25)16-7-8-18(27-3)17(13-16)20(23)22-9-11-26-12-10-22/h4-8,13,21H,9-12H2,1-3H3. The van der Waals surface area contributed by atoms with Crippen molar-refractivity contribution in [3.63, 3.8) is 0 Å². The van der Waals surface area contributed by atoms with Gasteiger partial charge >= 0.3 is 0 Å². The fraction of sp³-hybridized carbons (Fsp3) is 0.350. The molecule has 1 saturated heterocycles. The summed E-state index contributed by atoms with van der Waals surface area (Å²) in [5.74, 6) is -0.170. The lowest BCUT2D eigenvalue weighted by atomic mass is 10.1. The molecule has 0 spiro atoms. The maximum atomic E-state index is 13.0. The molecular formula is C20H24N2O4S2. The Hall–Kier alpha value is -2.03. The van der Waals surface area contributed by atoms with E-state index in [2.05, 4.69) is 4.72 Å². The second-order valence-electron chi connectivity index (χ2n) is 6.64. The maximum Gasteiger partial charge on any atom is 0.261 e. The van der Waals surface area contributed by atoms with Crippen LogP contribution in [0.2, 0.25) is 0 Å². The van der Waals surface area contributed by atoms with Gasteiger partial charge in [-0.05, 0) is 49.4 Å². The molecule has 0 bridgehead atoms. The third-order valence-corrected chi connectivity index (χ3v) is 6.87. The van der Waals surface area contributed by atoms with Gasteiger partial charge in [0.05, 0.1) is 29.4 Å².